The van der Waals surface area contributed by atoms with Gasteiger partial charge in [0.25, 0.3) is 0 Å². The third-order valence-electron chi connectivity index (χ3n) is 5.08. The molecular weight excluding hydrogens is 338 g/mol. The first-order chi connectivity index (χ1) is 11.9. The van der Waals surface area contributed by atoms with Crippen LogP contribution < -0.4 is 10.5 Å². The first kappa shape index (κ1) is 18.4. The second kappa shape index (κ2) is 7.43. The van der Waals surface area contributed by atoms with Gasteiger partial charge < -0.3 is 10.6 Å². The summed E-state index contributed by atoms with van der Waals surface area (Å²) in [7, 11) is -3.41. The summed E-state index contributed by atoms with van der Waals surface area (Å²) in [5, 5.41) is 0. The average Bonchev–Trinajstić information content (AvgIpc) is 3.31. The lowest BCUT2D eigenvalue weighted by Gasteiger charge is -2.21. The predicted molar refractivity (Wildman–Crippen MR) is 96.4 cm³/mol. The summed E-state index contributed by atoms with van der Waals surface area (Å²) in [6, 6.07) is 7.18. The summed E-state index contributed by atoms with van der Waals surface area (Å²) < 4.78 is 27.0. The van der Waals surface area contributed by atoms with E-state index >= 15 is 0 Å². The van der Waals surface area contributed by atoms with Gasteiger partial charge in [0.2, 0.25) is 15.9 Å². The molecule has 6 nitrogen and oxygen atoms in total. The Morgan fingerprint density at radius 3 is 2.52 bits per heavy atom. The minimum Gasteiger partial charge on any atom is -0.340 e. The lowest BCUT2D eigenvalue weighted by atomic mass is 10.1. The smallest absolute Gasteiger partial charge is 0.240 e. The molecule has 1 aliphatic carbocycles. The van der Waals surface area contributed by atoms with Crippen LogP contribution in [0, 0.1) is 5.92 Å². The van der Waals surface area contributed by atoms with Crippen LogP contribution >= 0.6 is 0 Å². The number of benzene rings is 1. The molecule has 1 saturated carbocycles. The highest BCUT2D eigenvalue weighted by molar-refractivity contribution is 7.89. The molecule has 0 radical (unpaired) electrons. The molecule has 25 heavy (non-hydrogen) atoms. The second-order valence-electron chi connectivity index (χ2n) is 7.27. The van der Waals surface area contributed by atoms with Crippen LogP contribution in [0.5, 0.6) is 0 Å². The number of nitrogens with zero attached hydrogens (tertiary/aromatic N) is 1. The van der Waals surface area contributed by atoms with Crippen LogP contribution in [0.15, 0.2) is 29.2 Å². The van der Waals surface area contributed by atoms with E-state index in [0.717, 1.165) is 31.4 Å². The molecule has 2 fully saturated rings. The fourth-order valence-corrected chi connectivity index (χ4v) is 4.68. The van der Waals surface area contributed by atoms with Gasteiger partial charge in [-0.15, -0.1) is 0 Å². The van der Waals surface area contributed by atoms with Crippen molar-refractivity contribution in [2.45, 2.75) is 56.0 Å². The molecule has 1 aliphatic heterocycles. The van der Waals surface area contributed by atoms with E-state index in [-0.39, 0.29) is 22.9 Å². The van der Waals surface area contributed by atoms with E-state index in [1.54, 1.807) is 24.3 Å². The topological polar surface area (TPSA) is 92.5 Å². The lowest BCUT2D eigenvalue weighted by molar-refractivity contribution is -0.131. The average molecular weight is 365 g/mol. The quantitative estimate of drug-likeness (QED) is 0.761. The largest absolute Gasteiger partial charge is 0.340 e. The summed E-state index contributed by atoms with van der Waals surface area (Å²) in [5.74, 6) is 0.554. The van der Waals surface area contributed by atoms with Crippen LogP contribution in [0.3, 0.4) is 0 Å². The zero-order valence-corrected chi connectivity index (χ0v) is 15.5. The molecule has 1 amide bonds. The van der Waals surface area contributed by atoms with Crippen molar-refractivity contribution in [2.24, 2.45) is 11.7 Å². The second-order valence-corrected chi connectivity index (χ2v) is 8.99. The van der Waals surface area contributed by atoms with Crippen molar-refractivity contribution in [2.75, 3.05) is 13.1 Å². The molecule has 0 spiro atoms. The molecule has 2 unspecified atom stereocenters. The van der Waals surface area contributed by atoms with Crippen LogP contribution in [0.25, 0.3) is 0 Å². The summed E-state index contributed by atoms with van der Waals surface area (Å²) >= 11 is 0. The molecule has 3 N–H and O–H groups in total. The van der Waals surface area contributed by atoms with E-state index in [2.05, 4.69) is 11.6 Å². The van der Waals surface area contributed by atoms with Crippen LogP contribution in [0.1, 0.15) is 38.2 Å². The van der Waals surface area contributed by atoms with E-state index < -0.39 is 10.0 Å². The number of hydrogen-bond donors (Lipinski definition) is 2. The SMILES string of the molecule is CC1CC(CN)CN1C(=O)CCc1ccc(S(=O)(=O)NC2CC2)cc1. The number of likely N-dealkylation sites (tertiary alicyclic amines) is 1. The Bertz CT molecular complexity index is 714. The molecule has 2 atom stereocenters. The number of hydrogen-bond acceptors (Lipinski definition) is 4. The third-order valence-corrected chi connectivity index (χ3v) is 6.61. The molecule has 3 rings (SSSR count). The highest BCUT2D eigenvalue weighted by Crippen LogP contribution is 2.24. The van der Waals surface area contributed by atoms with Gasteiger partial charge in [0.05, 0.1) is 4.90 Å². The summed E-state index contributed by atoms with van der Waals surface area (Å²) in [6.45, 7) is 3.44. The van der Waals surface area contributed by atoms with Gasteiger partial charge in [0, 0.05) is 25.0 Å². The number of sulfonamides is 1. The van der Waals surface area contributed by atoms with E-state index in [9.17, 15) is 13.2 Å². The van der Waals surface area contributed by atoms with Gasteiger partial charge in [0.15, 0.2) is 0 Å². The molecule has 138 valence electrons. The minimum absolute atomic E-state index is 0.0992. The third kappa shape index (κ3) is 4.59. The number of nitrogens with one attached hydrogen (secondary N) is 1. The van der Waals surface area contributed by atoms with E-state index in [1.165, 1.54) is 0 Å². The van der Waals surface area contributed by atoms with Gasteiger partial charge in [-0.25, -0.2) is 13.1 Å². The van der Waals surface area contributed by atoms with Gasteiger partial charge in [-0.3, -0.25) is 4.79 Å². The lowest BCUT2D eigenvalue weighted by Crippen LogP contribution is -2.34. The normalized spacial score (nSPS) is 23.8. The zero-order chi connectivity index (χ0) is 18.0. The zero-order valence-electron chi connectivity index (χ0n) is 14.6. The van der Waals surface area contributed by atoms with Gasteiger partial charge in [-0.1, -0.05) is 12.1 Å². The summed E-state index contributed by atoms with van der Waals surface area (Å²) in [4.78, 5) is 14.6. The van der Waals surface area contributed by atoms with Gasteiger partial charge in [-0.2, -0.15) is 0 Å². The molecule has 1 aromatic rings. The van der Waals surface area contributed by atoms with Crippen molar-refractivity contribution >= 4 is 15.9 Å². The fourth-order valence-electron chi connectivity index (χ4n) is 3.38. The molecule has 1 aromatic carbocycles. The number of carbonyl (C=O) groups excluding carboxylic acids is 1. The van der Waals surface area contributed by atoms with Crippen LogP contribution in [-0.4, -0.2) is 44.4 Å². The van der Waals surface area contributed by atoms with Crippen molar-refractivity contribution in [1.82, 2.24) is 9.62 Å². The van der Waals surface area contributed by atoms with E-state index in [0.29, 0.717) is 25.3 Å². The molecule has 0 aromatic heterocycles. The van der Waals surface area contributed by atoms with Crippen molar-refractivity contribution < 1.29 is 13.2 Å². The van der Waals surface area contributed by atoms with Crippen LogP contribution in [-0.2, 0) is 21.2 Å². The monoisotopic (exact) mass is 365 g/mol. The maximum absolute atomic E-state index is 12.4. The molecular formula is C18H27N3O3S. The highest BCUT2D eigenvalue weighted by atomic mass is 32.2. The molecule has 0 bridgehead atoms. The number of rotatable bonds is 7. The van der Waals surface area contributed by atoms with Crippen LogP contribution in [0.4, 0.5) is 0 Å². The fraction of sp³-hybridized carbons (Fsp3) is 0.611. The molecule has 1 heterocycles. The first-order valence-corrected chi connectivity index (χ1v) is 10.5. The molecule has 1 saturated heterocycles. The van der Waals surface area contributed by atoms with Gasteiger partial charge in [0.1, 0.15) is 0 Å². The highest BCUT2D eigenvalue weighted by Gasteiger charge is 2.31. The van der Waals surface area contributed by atoms with Crippen molar-refractivity contribution in [3.63, 3.8) is 0 Å². The Morgan fingerprint density at radius 2 is 1.96 bits per heavy atom. The Kier molecular flexibility index (Phi) is 5.46. The maximum atomic E-state index is 12.4. The number of nitrogens with two attached hydrogens (primary N) is 1. The molecule has 2 aliphatic rings. The maximum Gasteiger partial charge on any atom is 0.240 e. The predicted octanol–water partition coefficient (Wildman–Crippen LogP) is 1.26. The van der Waals surface area contributed by atoms with Crippen LogP contribution in [0.2, 0.25) is 0 Å². The number of amides is 1. The standard InChI is InChI=1S/C18H27N3O3S/c1-13-10-15(11-19)12-21(13)18(22)9-4-14-2-7-17(8-3-14)25(23,24)20-16-5-6-16/h2-3,7-8,13,15-16,20H,4-6,9-12,19H2,1H3. The Balaban J connectivity index is 1.54. The molecule has 7 heteroatoms. The van der Waals surface area contributed by atoms with Crippen molar-refractivity contribution in [3.8, 4) is 0 Å². The Morgan fingerprint density at radius 1 is 1.28 bits per heavy atom. The van der Waals surface area contributed by atoms with E-state index in [1.807, 2.05) is 4.90 Å². The number of aryl methyl sites for hydroxylation is 1. The first-order valence-electron chi connectivity index (χ1n) is 9.00. The van der Waals surface area contributed by atoms with Gasteiger partial charge >= 0.3 is 0 Å². The van der Waals surface area contributed by atoms with E-state index in [4.69, 9.17) is 5.73 Å². The van der Waals surface area contributed by atoms with Gasteiger partial charge in [-0.05, 0) is 62.8 Å². The number of carbonyl (C=O) groups is 1. The minimum atomic E-state index is -3.41. The van der Waals surface area contributed by atoms with Crippen molar-refractivity contribution in [3.05, 3.63) is 29.8 Å². The summed E-state index contributed by atoms with van der Waals surface area (Å²) in [6.07, 6.45) is 3.86. The Hall–Kier alpha value is -1.44. The van der Waals surface area contributed by atoms with Crippen molar-refractivity contribution in [1.29, 1.82) is 0 Å². The summed E-state index contributed by atoms with van der Waals surface area (Å²) in [5.41, 5.74) is 6.69. The Labute approximate surface area is 149 Å².